The monoisotopic (exact) mass is 292 g/mol. The third-order valence-corrected chi connectivity index (χ3v) is 3.29. The van der Waals surface area contributed by atoms with Gasteiger partial charge in [-0.05, 0) is 24.6 Å². The number of rotatable bonds is 4. The third kappa shape index (κ3) is 3.43. The zero-order valence-corrected chi connectivity index (χ0v) is 12.0. The van der Waals surface area contributed by atoms with Crippen LogP contribution in [-0.2, 0) is 6.61 Å². The molecule has 0 aliphatic carbocycles. The number of pyridine rings is 1. The first-order valence-electron chi connectivity index (χ1n) is 5.69. The largest absolute Gasteiger partial charge is 0.489 e. The van der Waals surface area contributed by atoms with E-state index in [0.717, 1.165) is 22.4 Å². The molecule has 0 radical (unpaired) electrons. The van der Waals surface area contributed by atoms with Gasteiger partial charge in [0.2, 0.25) is 0 Å². The number of thiocarbonyl (C=S) groups is 1. The molecule has 1 aromatic heterocycles. The number of hydrogen-bond donors (Lipinski definition) is 1. The standard InChI is InChI=1S/C14H13ClN2OS/c1-9-2-3-10(14(16)19)6-13(9)18-8-11-4-5-17-7-12(11)15/h2-7H,8H2,1H3,(H2,16,19). The molecule has 2 aromatic rings. The summed E-state index contributed by atoms with van der Waals surface area (Å²) in [4.78, 5) is 4.29. The molecule has 0 spiro atoms. The van der Waals surface area contributed by atoms with Crippen LogP contribution in [0.2, 0.25) is 5.02 Å². The van der Waals surface area contributed by atoms with Gasteiger partial charge in [0.25, 0.3) is 0 Å². The van der Waals surface area contributed by atoms with Crippen molar-refractivity contribution in [2.75, 3.05) is 0 Å². The normalized spacial score (nSPS) is 10.2. The first kappa shape index (κ1) is 13.8. The van der Waals surface area contributed by atoms with Crippen molar-refractivity contribution in [2.45, 2.75) is 13.5 Å². The lowest BCUT2D eigenvalue weighted by molar-refractivity contribution is 0.304. The van der Waals surface area contributed by atoms with E-state index in [4.69, 9.17) is 34.3 Å². The van der Waals surface area contributed by atoms with E-state index in [-0.39, 0.29) is 0 Å². The van der Waals surface area contributed by atoms with Gasteiger partial charge < -0.3 is 10.5 Å². The fourth-order valence-corrected chi connectivity index (χ4v) is 1.89. The van der Waals surface area contributed by atoms with Gasteiger partial charge in [0.05, 0.1) is 5.02 Å². The first-order chi connectivity index (χ1) is 9.08. The molecular formula is C14H13ClN2OS. The molecule has 0 saturated carbocycles. The van der Waals surface area contributed by atoms with Crippen LogP contribution in [0.1, 0.15) is 16.7 Å². The Balaban J connectivity index is 2.17. The number of nitrogens with zero attached hydrogens (tertiary/aromatic N) is 1. The van der Waals surface area contributed by atoms with Crippen molar-refractivity contribution in [3.63, 3.8) is 0 Å². The molecule has 1 heterocycles. The quantitative estimate of drug-likeness (QED) is 0.879. The van der Waals surface area contributed by atoms with Gasteiger partial charge in [0, 0.05) is 23.5 Å². The van der Waals surface area contributed by atoms with E-state index >= 15 is 0 Å². The van der Waals surface area contributed by atoms with Gasteiger partial charge in [-0.3, -0.25) is 4.98 Å². The molecule has 3 nitrogen and oxygen atoms in total. The SMILES string of the molecule is Cc1ccc(C(N)=S)cc1OCc1ccncc1Cl. The molecule has 5 heteroatoms. The molecule has 98 valence electrons. The fourth-order valence-electron chi connectivity index (χ4n) is 1.59. The summed E-state index contributed by atoms with van der Waals surface area (Å²) in [6.07, 6.45) is 3.28. The molecule has 0 fully saturated rings. The number of ether oxygens (including phenoxy) is 1. The van der Waals surface area contributed by atoms with E-state index in [1.165, 1.54) is 0 Å². The van der Waals surface area contributed by atoms with Crippen LogP contribution in [0.5, 0.6) is 5.75 Å². The average Bonchev–Trinajstić information content (AvgIpc) is 2.39. The van der Waals surface area contributed by atoms with Crippen LogP contribution in [0.3, 0.4) is 0 Å². The Morgan fingerprint density at radius 3 is 2.89 bits per heavy atom. The molecule has 0 aliphatic rings. The van der Waals surface area contributed by atoms with Gasteiger partial charge >= 0.3 is 0 Å². The van der Waals surface area contributed by atoms with E-state index in [9.17, 15) is 0 Å². The lowest BCUT2D eigenvalue weighted by Gasteiger charge is -2.11. The maximum Gasteiger partial charge on any atom is 0.123 e. The second-order valence-corrected chi connectivity index (χ2v) is 4.95. The van der Waals surface area contributed by atoms with E-state index in [1.54, 1.807) is 12.4 Å². The molecule has 2 rings (SSSR count). The second-order valence-electron chi connectivity index (χ2n) is 4.10. The number of nitrogens with two attached hydrogens (primary N) is 1. The van der Waals surface area contributed by atoms with Crippen LogP contribution in [0, 0.1) is 6.92 Å². The highest BCUT2D eigenvalue weighted by atomic mass is 35.5. The van der Waals surface area contributed by atoms with E-state index in [0.29, 0.717) is 16.6 Å². The van der Waals surface area contributed by atoms with Crippen molar-refractivity contribution in [3.8, 4) is 5.75 Å². The first-order valence-corrected chi connectivity index (χ1v) is 6.48. The lowest BCUT2D eigenvalue weighted by Crippen LogP contribution is -2.09. The van der Waals surface area contributed by atoms with Gasteiger partial charge in [0.15, 0.2) is 0 Å². The predicted molar refractivity (Wildman–Crippen MR) is 80.6 cm³/mol. The highest BCUT2D eigenvalue weighted by Crippen LogP contribution is 2.22. The van der Waals surface area contributed by atoms with Gasteiger partial charge in [-0.2, -0.15) is 0 Å². The zero-order chi connectivity index (χ0) is 13.8. The number of hydrogen-bond acceptors (Lipinski definition) is 3. The highest BCUT2D eigenvalue weighted by molar-refractivity contribution is 7.80. The minimum absolute atomic E-state index is 0.354. The Hall–Kier alpha value is -1.65. The molecule has 19 heavy (non-hydrogen) atoms. The van der Waals surface area contributed by atoms with Gasteiger partial charge in [0.1, 0.15) is 17.3 Å². The summed E-state index contributed by atoms with van der Waals surface area (Å²) < 4.78 is 5.77. The summed E-state index contributed by atoms with van der Waals surface area (Å²) in [6, 6.07) is 7.48. The molecule has 0 unspecified atom stereocenters. The zero-order valence-electron chi connectivity index (χ0n) is 10.4. The molecule has 2 N–H and O–H groups in total. The second kappa shape index (κ2) is 5.99. The summed E-state index contributed by atoms with van der Waals surface area (Å²) >= 11 is 11.0. The minimum Gasteiger partial charge on any atom is -0.489 e. The maximum atomic E-state index is 6.03. The third-order valence-electron chi connectivity index (χ3n) is 2.71. The molecule has 0 atom stereocenters. The summed E-state index contributed by atoms with van der Waals surface area (Å²) in [7, 11) is 0. The Morgan fingerprint density at radius 1 is 1.42 bits per heavy atom. The Morgan fingerprint density at radius 2 is 2.21 bits per heavy atom. The van der Waals surface area contributed by atoms with Crippen molar-refractivity contribution in [1.82, 2.24) is 4.98 Å². The summed E-state index contributed by atoms with van der Waals surface area (Å²) in [5.41, 5.74) is 8.30. The minimum atomic E-state index is 0.354. The van der Waals surface area contributed by atoms with Crippen molar-refractivity contribution < 1.29 is 4.74 Å². The number of aromatic nitrogens is 1. The van der Waals surface area contributed by atoms with E-state index in [1.807, 2.05) is 31.2 Å². The van der Waals surface area contributed by atoms with Crippen LogP contribution < -0.4 is 10.5 Å². The van der Waals surface area contributed by atoms with E-state index < -0.39 is 0 Å². The molecule has 0 amide bonds. The molecule has 0 aliphatic heterocycles. The number of halogens is 1. The maximum absolute atomic E-state index is 6.03. The van der Waals surface area contributed by atoms with Crippen LogP contribution in [0.25, 0.3) is 0 Å². The van der Waals surface area contributed by atoms with Gasteiger partial charge in [-0.1, -0.05) is 36.0 Å². The van der Waals surface area contributed by atoms with Crippen LogP contribution >= 0.6 is 23.8 Å². The van der Waals surface area contributed by atoms with Crippen LogP contribution in [0.15, 0.2) is 36.7 Å². The molecule has 1 aromatic carbocycles. The van der Waals surface area contributed by atoms with Crippen molar-refractivity contribution in [1.29, 1.82) is 0 Å². The smallest absolute Gasteiger partial charge is 0.123 e. The summed E-state index contributed by atoms with van der Waals surface area (Å²) in [6.45, 7) is 2.34. The van der Waals surface area contributed by atoms with Crippen molar-refractivity contribution >= 4 is 28.8 Å². The molecule has 0 saturated heterocycles. The number of benzene rings is 1. The summed E-state index contributed by atoms with van der Waals surface area (Å²) in [5, 5.41) is 0.589. The van der Waals surface area contributed by atoms with Crippen molar-refractivity contribution in [2.24, 2.45) is 5.73 Å². The lowest BCUT2D eigenvalue weighted by atomic mass is 10.1. The Bertz CT molecular complexity index is 616. The topological polar surface area (TPSA) is 48.1 Å². The Kier molecular flexibility index (Phi) is 4.35. The number of aryl methyl sites for hydroxylation is 1. The predicted octanol–water partition coefficient (Wildman–Crippen LogP) is 3.26. The fraction of sp³-hybridized carbons (Fsp3) is 0.143. The van der Waals surface area contributed by atoms with E-state index in [2.05, 4.69) is 4.98 Å². The van der Waals surface area contributed by atoms with Gasteiger partial charge in [-0.25, -0.2) is 0 Å². The Labute approximate surface area is 122 Å². The van der Waals surface area contributed by atoms with Crippen LogP contribution in [-0.4, -0.2) is 9.97 Å². The molecular weight excluding hydrogens is 280 g/mol. The average molecular weight is 293 g/mol. The van der Waals surface area contributed by atoms with Gasteiger partial charge in [-0.15, -0.1) is 0 Å². The highest BCUT2D eigenvalue weighted by Gasteiger charge is 2.05. The van der Waals surface area contributed by atoms with Crippen molar-refractivity contribution in [3.05, 3.63) is 58.4 Å². The summed E-state index contributed by atoms with van der Waals surface area (Å²) in [5.74, 6) is 0.748. The van der Waals surface area contributed by atoms with Crippen LogP contribution in [0.4, 0.5) is 0 Å². The molecule has 0 bridgehead atoms.